The lowest BCUT2D eigenvalue weighted by molar-refractivity contribution is 0.344. The number of nitrogens with zero attached hydrogens (tertiary/aromatic N) is 1. The minimum absolute atomic E-state index is 0.476. The van der Waals surface area contributed by atoms with Crippen molar-refractivity contribution in [3.63, 3.8) is 0 Å². The highest BCUT2D eigenvalue weighted by Crippen LogP contribution is 2.04. The minimum atomic E-state index is 0.476. The van der Waals surface area contributed by atoms with E-state index in [1.165, 1.54) is 19.3 Å². The van der Waals surface area contributed by atoms with Gasteiger partial charge >= 0.3 is 0 Å². The third kappa shape index (κ3) is 2.33. The van der Waals surface area contributed by atoms with E-state index in [9.17, 15) is 0 Å². The van der Waals surface area contributed by atoms with Crippen LogP contribution in [0.1, 0.15) is 26.2 Å². The van der Waals surface area contributed by atoms with Gasteiger partial charge in [-0.1, -0.05) is 6.92 Å². The molecule has 0 spiro atoms. The lowest BCUT2D eigenvalue weighted by Crippen LogP contribution is -2.40. The summed E-state index contributed by atoms with van der Waals surface area (Å²) in [5.41, 5.74) is 0. The molecule has 0 aliphatic carbocycles. The van der Waals surface area contributed by atoms with Crippen LogP contribution in [0.25, 0.3) is 0 Å². The Bertz CT molecular complexity index is 64.6. The van der Waals surface area contributed by atoms with Crippen molar-refractivity contribution in [2.45, 2.75) is 32.4 Å². The molecule has 53 valence electrons. The Morgan fingerprint density at radius 2 is 2.44 bits per heavy atom. The van der Waals surface area contributed by atoms with Gasteiger partial charge in [0.25, 0.3) is 0 Å². The summed E-state index contributed by atoms with van der Waals surface area (Å²) in [5, 5.41) is 7.73. The van der Waals surface area contributed by atoms with Gasteiger partial charge in [-0.05, 0) is 25.8 Å². The van der Waals surface area contributed by atoms with Gasteiger partial charge in [0.1, 0.15) is 0 Å². The highest BCUT2D eigenvalue weighted by atomic mass is 15.1. The van der Waals surface area contributed by atoms with Crippen molar-refractivity contribution in [3.05, 3.63) is 0 Å². The largest absolute Gasteiger partial charge is 0.301 e. The maximum Gasteiger partial charge on any atom is 0.0735 e. The highest BCUT2D eigenvalue weighted by Gasteiger charge is 2.10. The van der Waals surface area contributed by atoms with Gasteiger partial charge < -0.3 is 5.32 Å². The zero-order valence-corrected chi connectivity index (χ0v) is 6.06. The van der Waals surface area contributed by atoms with E-state index < -0.39 is 0 Å². The van der Waals surface area contributed by atoms with Crippen molar-refractivity contribution in [2.75, 3.05) is 13.1 Å². The van der Waals surface area contributed by atoms with Gasteiger partial charge in [-0.2, -0.15) is 0 Å². The molecule has 1 unspecified atom stereocenters. The van der Waals surface area contributed by atoms with E-state index in [-0.39, 0.29) is 0 Å². The first kappa shape index (κ1) is 7.03. The molecule has 1 radical (unpaired) electrons. The van der Waals surface area contributed by atoms with Crippen LogP contribution >= 0.6 is 0 Å². The van der Waals surface area contributed by atoms with Crippen molar-refractivity contribution in [2.24, 2.45) is 0 Å². The van der Waals surface area contributed by atoms with Crippen molar-refractivity contribution in [1.29, 1.82) is 0 Å². The van der Waals surface area contributed by atoms with Crippen LogP contribution < -0.4 is 10.6 Å². The molecule has 1 rings (SSSR count). The molecule has 1 aliphatic rings. The van der Waals surface area contributed by atoms with Crippen molar-refractivity contribution in [1.82, 2.24) is 10.6 Å². The maximum absolute atomic E-state index is 4.37. The second kappa shape index (κ2) is 3.85. The highest BCUT2D eigenvalue weighted by molar-refractivity contribution is 4.68. The second-order valence-electron chi connectivity index (χ2n) is 2.46. The molecule has 2 nitrogen and oxygen atoms in total. The monoisotopic (exact) mass is 127 g/mol. The number of rotatable bonds is 2. The molecular formula is C7H15N2. The Hall–Kier alpha value is -0.0800. The summed E-state index contributed by atoms with van der Waals surface area (Å²) in [6, 6.07) is 0. The summed E-state index contributed by atoms with van der Waals surface area (Å²) in [6.45, 7) is 4.21. The normalized spacial score (nSPS) is 28.3. The lowest BCUT2D eigenvalue weighted by atomic mass is 10.1. The van der Waals surface area contributed by atoms with E-state index in [4.69, 9.17) is 0 Å². The molecule has 1 saturated heterocycles. The SMILES string of the molecule is CC[N]C1CCCCN1. The molecule has 0 saturated carbocycles. The van der Waals surface area contributed by atoms with Gasteiger partial charge in [-0.25, -0.2) is 5.32 Å². The van der Waals surface area contributed by atoms with Gasteiger partial charge in [0, 0.05) is 6.54 Å². The molecule has 0 aromatic heterocycles. The molecule has 1 N–H and O–H groups in total. The van der Waals surface area contributed by atoms with Crippen LogP contribution in [0.3, 0.4) is 0 Å². The fourth-order valence-corrected chi connectivity index (χ4v) is 1.21. The van der Waals surface area contributed by atoms with E-state index in [0.717, 1.165) is 13.1 Å². The third-order valence-electron chi connectivity index (χ3n) is 1.69. The smallest absolute Gasteiger partial charge is 0.0735 e. The van der Waals surface area contributed by atoms with Crippen LogP contribution in [-0.2, 0) is 0 Å². The van der Waals surface area contributed by atoms with Crippen molar-refractivity contribution < 1.29 is 0 Å². The van der Waals surface area contributed by atoms with Crippen LogP contribution in [0.5, 0.6) is 0 Å². The van der Waals surface area contributed by atoms with Gasteiger partial charge in [0.2, 0.25) is 0 Å². The Morgan fingerprint density at radius 1 is 1.56 bits per heavy atom. The summed E-state index contributed by atoms with van der Waals surface area (Å²) in [5.74, 6) is 0. The van der Waals surface area contributed by atoms with E-state index in [1.54, 1.807) is 0 Å². The van der Waals surface area contributed by atoms with Gasteiger partial charge in [-0.15, -0.1) is 0 Å². The summed E-state index contributed by atoms with van der Waals surface area (Å²) < 4.78 is 0. The molecule has 1 atom stereocenters. The molecule has 0 amide bonds. The Kier molecular flexibility index (Phi) is 3.01. The maximum atomic E-state index is 4.37. The molecule has 1 heterocycles. The minimum Gasteiger partial charge on any atom is -0.301 e. The second-order valence-corrected chi connectivity index (χ2v) is 2.46. The van der Waals surface area contributed by atoms with Gasteiger partial charge in [0.15, 0.2) is 0 Å². The fraction of sp³-hybridized carbons (Fsp3) is 1.00. The number of nitrogens with one attached hydrogen (secondary N) is 1. The Labute approximate surface area is 57.0 Å². The first-order valence-electron chi connectivity index (χ1n) is 3.83. The van der Waals surface area contributed by atoms with Crippen LogP contribution in [0.15, 0.2) is 0 Å². The standard InChI is InChI=1S/C7H15N2/c1-2-8-7-5-3-4-6-9-7/h7,9H,2-6H2,1H3. The van der Waals surface area contributed by atoms with Crippen LogP contribution in [-0.4, -0.2) is 19.3 Å². The molecule has 9 heavy (non-hydrogen) atoms. The van der Waals surface area contributed by atoms with Crippen molar-refractivity contribution in [3.8, 4) is 0 Å². The molecule has 0 aromatic carbocycles. The lowest BCUT2D eigenvalue weighted by Gasteiger charge is -2.22. The summed E-state index contributed by atoms with van der Waals surface area (Å²) in [6.07, 6.45) is 4.40. The van der Waals surface area contributed by atoms with Crippen LogP contribution in [0.4, 0.5) is 0 Å². The van der Waals surface area contributed by atoms with Gasteiger partial charge in [-0.3, -0.25) is 0 Å². The Balaban J connectivity index is 2.08. The summed E-state index contributed by atoms with van der Waals surface area (Å²) in [4.78, 5) is 0. The van der Waals surface area contributed by atoms with E-state index in [0.29, 0.717) is 6.17 Å². The fourth-order valence-electron chi connectivity index (χ4n) is 1.21. The van der Waals surface area contributed by atoms with Crippen LogP contribution in [0, 0.1) is 0 Å². The van der Waals surface area contributed by atoms with Crippen LogP contribution in [0.2, 0.25) is 0 Å². The zero-order valence-electron chi connectivity index (χ0n) is 6.06. The topological polar surface area (TPSA) is 26.1 Å². The first-order chi connectivity index (χ1) is 4.43. The zero-order chi connectivity index (χ0) is 6.53. The van der Waals surface area contributed by atoms with Gasteiger partial charge in [0.05, 0.1) is 6.17 Å². The van der Waals surface area contributed by atoms with E-state index in [2.05, 4.69) is 17.6 Å². The van der Waals surface area contributed by atoms with Crippen molar-refractivity contribution >= 4 is 0 Å². The summed E-state index contributed by atoms with van der Waals surface area (Å²) in [7, 11) is 0. The number of piperidine rings is 1. The summed E-state index contributed by atoms with van der Waals surface area (Å²) >= 11 is 0. The molecule has 1 fully saturated rings. The molecule has 1 aliphatic heterocycles. The molecular weight excluding hydrogens is 112 g/mol. The average Bonchev–Trinajstić information content (AvgIpc) is 1.91. The molecule has 0 aromatic rings. The predicted molar refractivity (Wildman–Crippen MR) is 38.3 cm³/mol. The van der Waals surface area contributed by atoms with E-state index in [1.807, 2.05) is 0 Å². The quantitative estimate of drug-likeness (QED) is 0.581. The predicted octanol–water partition coefficient (Wildman–Crippen LogP) is 0.710. The number of hydrogen-bond acceptors (Lipinski definition) is 1. The number of hydrogen-bond donors (Lipinski definition) is 1. The molecule has 0 bridgehead atoms. The van der Waals surface area contributed by atoms with E-state index >= 15 is 0 Å². The Morgan fingerprint density at radius 3 is 3.00 bits per heavy atom. The average molecular weight is 127 g/mol. The first-order valence-corrected chi connectivity index (χ1v) is 3.83. The third-order valence-corrected chi connectivity index (χ3v) is 1.69. The molecule has 2 heteroatoms.